The molecule has 1 aromatic carbocycles. The van der Waals surface area contributed by atoms with E-state index in [-0.39, 0.29) is 24.0 Å². The summed E-state index contributed by atoms with van der Waals surface area (Å²) in [5.41, 5.74) is 1.19. The molecule has 3 rings (SSSR count). The molecule has 1 atom stereocenters. The Labute approximate surface area is 150 Å². The van der Waals surface area contributed by atoms with Crippen molar-refractivity contribution in [3.63, 3.8) is 0 Å². The molecule has 2 aliphatic rings. The number of carbonyl (C=O) groups excluding carboxylic acids is 2. The Morgan fingerprint density at radius 1 is 1.04 bits per heavy atom. The van der Waals surface area contributed by atoms with Crippen molar-refractivity contribution < 1.29 is 9.59 Å². The minimum absolute atomic E-state index is 0.0815. The number of amides is 3. The Hall–Kier alpha value is -2.04. The van der Waals surface area contributed by atoms with E-state index in [4.69, 9.17) is 0 Å². The van der Waals surface area contributed by atoms with Crippen molar-refractivity contribution in [1.29, 1.82) is 0 Å². The van der Waals surface area contributed by atoms with Crippen LogP contribution in [0.4, 0.5) is 4.79 Å². The van der Waals surface area contributed by atoms with Crippen LogP contribution >= 0.6 is 0 Å². The van der Waals surface area contributed by atoms with Crippen molar-refractivity contribution in [2.75, 3.05) is 13.1 Å². The van der Waals surface area contributed by atoms with Crippen molar-refractivity contribution in [3.05, 3.63) is 35.9 Å². The highest BCUT2D eigenvalue weighted by atomic mass is 16.2. The molecule has 2 fully saturated rings. The normalized spacial score (nSPS) is 20.3. The minimum Gasteiger partial charge on any atom is -0.343 e. The number of hydrogen-bond acceptors (Lipinski definition) is 2. The number of nitrogens with zero attached hydrogens (tertiary/aromatic N) is 1. The summed E-state index contributed by atoms with van der Waals surface area (Å²) in [4.78, 5) is 25.8. The van der Waals surface area contributed by atoms with Gasteiger partial charge in [-0.1, -0.05) is 43.2 Å². The van der Waals surface area contributed by atoms with E-state index in [9.17, 15) is 9.59 Å². The molecule has 1 saturated carbocycles. The molecule has 1 saturated heterocycles. The van der Waals surface area contributed by atoms with Crippen LogP contribution in [0, 0.1) is 5.92 Å². The van der Waals surface area contributed by atoms with Gasteiger partial charge in [-0.2, -0.15) is 0 Å². The van der Waals surface area contributed by atoms with E-state index in [1.165, 1.54) is 31.2 Å². The lowest BCUT2D eigenvalue weighted by molar-refractivity contribution is -0.129. The fraction of sp³-hybridized carbons (Fsp3) is 0.600. The third-order valence-electron chi connectivity index (χ3n) is 5.59. The molecular weight excluding hydrogens is 314 g/mol. The number of urea groups is 1. The summed E-state index contributed by atoms with van der Waals surface area (Å²) < 4.78 is 0. The fourth-order valence-electron chi connectivity index (χ4n) is 4.13. The first-order valence-electron chi connectivity index (χ1n) is 9.51. The van der Waals surface area contributed by atoms with Gasteiger partial charge in [-0.3, -0.25) is 4.79 Å². The number of hydrogen-bond donors (Lipinski definition) is 2. The van der Waals surface area contributed by atoms with E-state index >= 15 is 0 Å². The van der Waals surface area contributed by atoms with Crippen LogP contribution in [0.25, 0.3) is 0 Å². The van der Waals surface area contributed by atoms with Gasteiger partial charge in [-0.15, -0.1) is 0 Å². The molecule has 0 bridgehead atoms. The molecule has 1 unspecified atom stereocenters. The van der Waals surface area contributed by atoms with Gasteiger partial charge in [-0.05, 0) is 37.2 Å². The van der Waals surface area contributed by atoms with Crippen molar-refractivity contribution in [1.82, 2.24) is 15.5 Å². The summed E-state index contributed by atoms with van der Waals surface area (Å²) >= 11 is 0. The lowest BCUT2D eigenvalue weighted by Gasteiger charge is -2.32. The molecule has 2 N–H and O–H groups in total. The van der Waals surface area contributed by atoms with Crippen LogP contribution in [-0.4, -0.2) is 36.0 Å². The van der Waals surface area contributed by atoms with E-state index < -0.39 is 0 Å². The zero-order chi connectivity index (χ0) is 17.6. The highest BCUT2D eigenvalue weighted by Crippen LogP contribution is 2.35. The van der Waals surface area contributed by atoms with Gasteiger partial charge in [0.1, 0.15) is 0 Å². The summed E-state index contributed by atoms with van der Waals surface area (Å²) in [6.07, 6.45) is 6.51. The molecule has 0 aromatic heterocycles. The van der Waals surface area contributed by atoms with Gasteiger partial charge in [0.05, 0.1) is 6.04 Å². The zero-order valence-electron chi connectivity index (χ0n) is 15.0. The maximum atomic E-state index is 12.6. The minimum atomic E-state index is -0.0815. The Morgan fingerprint density at radius 3 is 2.28 bits per heavy atom. The van der Waals surface area contributed by atoms with Gasteiger partial charge >= 0.3 is 6.03 Å². The molecule has 1 heterocycles. The summed E-state index contributed by atoms with van der Waals surface area (Å²) in [5.74, 6) is 0.640. The summed E-state index contributed by atoms with van der Waals surface area (Å²) in [6.45, 7) is 3.06. The number of benzene rings is 1. The van der Waals surface area contributed by atoms with E-state index in [0.29, 0.717) is 5.92 Å². The number of piperidine rings is 1. The van der Waals surface area contributed by atoms with Crippen LogP contribution < -0.4 is 10.6 Å². The molecule has 5 heteroatoms. The third kappa shape index (κ3) is 4.74. The molecular formula is C20H29N3O2. The SMILES string of the molecule is CC(=O)N1CCC(NC(=O)NC(c2ccccc2)C2CCCC2)CC1. The molecule has 1 aliphatic carbocycles. The lowest BCUT2D eigenvalue weighted by atomic mass is 9.92. The van der Waals surface area contributed by atoms with Crippen LogP contribution in [0.5, 0.6) is 0 Å². The van der Waals surface area contributed by atoms with E-state index in [1.54, 1.807) is 6.92 Å². The number of rotatable bonds is 4. The molecule has 0 radical (unpaired) electrons. The lowest BCUT2D eigenvalue weighted by Crippen LogP contribution is -2.49. The Balaban J connectivity index is 1.56. The first-order chi connectivity index (χ1) is 12.1. The highest BCUT2D eigenvalue weighted by molar-refractivity contribution is 5.75. The van der Waals surface area contributed by atoms with Crippen molar-refractivity contribution in [3.8, 4) is 0 Å². The predicted octanol–water partition coefficient (Wildman–Crippen LogP) is 3.23. The second-order valence-electron chi connectivity index (χ2n) is 7.33. The van der Waals surface area contributed by atoms with Gasteiger partial charge < -0.3 is 15.5 Å². The highest BCUT2D eigenvalue weighted by Gasteiger charge is 2.29. The second-order valence-corrected chi connectivity index (χ2v) is 7.33. The Bertz CT molecular complexity index is 576. The average molecular weight is 343 g/mol. The molecule has 1 aliphatic heterocycles. The van der Waals surface area contributed by atoms with Crippen molar-refractivity contribution in [2.45, 2.75) is 57.5 Å². The van der Waals surface area contributed by atoms with Crippen molar-refractivity contribution >= 4 is 11.9 Å². The third-order valence-corrected chi connectivity index (χ3v) is 5.59. The summed E-state index contributed by atoms with van der Waals surface area (Å²) in [5, 5.41) is 6.34. The quantitative estimate of drug-likeness (QED) is 0.882. The Kier molecular flexibility index (Phi) is 5.95. The van der Waals surface area contributed by atoms with Gasteiger partial charge in [-0.25, -0.2) is 4.79 Å². The fourth-order valence-corrected chi connectivity index (χ4v) is 4.13. The van der Waals surface area contributed by atoms with Gasteiger partial charge in [0.15, 0.2) is 0 Å². The first-order valence-corrected chi connectivity index (χ1v) is 9.51. The molecule has 25 heavy (non-hydrogen) atoms. The van der Waals surface area contributed by atoms with Gasteiger partial charge in [0.25, 0.3) is 0 Å². The monoisotopic (exact) mass is 343 g/mol. The molecule has 5 nitrogen and oxygen atoms in total. The number of nitrogens with one attached hydrogen (secondary N) is 2. The molecule has 1 aromatic rings. The largest absolute Gasteiger partial charge is 0.343 e. The van der Waals surface area contributed by atoms with E-state index in [2.05, 4.69) is 22.8 Å². The number of likely N-dealkylation sites (tertiary alicyclic amines) is 1. The smallest absolute Gasteiger partial charge is 0.315 e. The van der Waals surface area contributed by atoms with Crippen molar-refractivity contribution in [2.24, 2.45) is 5.92 Å². The van der Waals surface area contributed by atoms with Crippen LogP contribution in [0.1, 0.15) is 57.1 Å². The number of carbonyl (C=O) groups is 2. The topological polar surface area (TPSA) is 61.4 Å². The van der Waals surface area contributed by atoms with Crippen LogP contribution in [0.15, 0.2) is 30.3 Å². The van der Waals surface area contributed by atoms with Gasteiger partial charge in [0, 0.05) is 26.1 Å². The van der Waals surface area contributed by atoms with E-state index in [1.807, 2.05) is 23.1 Å². The maximum Gasteiger partial charge on any atom is 0.315 e. The molecule has 0 spiro atoms. The standard InChI is InChI=1S/C20H29N3O2/c1-15(24)23-13-11-18(12-14-23)21-20(25)22-19(17-9-5-6-10-17)16-7-3-2-4-8-16/h2-4,7-8,17-19H,5-6,9-14H2,1H3,(H2,21,22,25). The average Bonchev–Trinajstić information content (AvgIpc) is 3.15. The summed E-state index contributed by atoms with van der Waals surface area (Å²) in [6, 6.07) is 10.4. The van der Waals surface area contributed by atoms with E-state index in [0.717, 1.165) is 25.9 Å². The summed E-state index contributed by atoms with van der Waals surface area (Å²) in [7, 11) is 0. The second kappa shape index (κ2) is 8.37. The zero-order valence-corrected chi connectivity index (χ0v) is 15.0. The predicted molar refractivity (Wildman–Crippen MR) is 98.1 cm³/mol. The molecule has 136 valence electrons. The van der Waals surface area contributed by atoms with Crippen LogP contribution in [-0.2, 0) is 4.79 Å². The maximum absolute atomic E-state index is 12.6. The first kappa shape index (κ1) is 17.8. The van der Waals surface area contributed by atoms with Gasteiger partial charge in [0.2, 0.25) is 5.91 Å². The Morgan fingerprint density at radius 2 is 1.68 bits per heavy atom. The van der Waals surface area contributed by atoms with Crippen LogP contribution in [0.2, 0.25) is 0 Å². The molecule has 3 amide bonds. The van der Waals surface area contributed by atoms with Crippen LogP contribution in [0.3, 0.4) is 0 Å².